The zero-order chi connectivity index (χ0) is 15.6. The fourth-order valence-corrected chi connectivity index (χ4v) is 4.00. The Kier molecular flexibility index (Phi) is 4.27. The molecule has 23 heavy (non-hydrogen) atoms. The topological polar surface area (TPSA) is 63.3 Å². The van der Waals surface area contributed by atoms with E-state index in [0.29, 0.717) is 28.5 Å². The zero-order valence-electron chi connectivity index (χ0n) is 12.5. The monoisotopic (exact) mass is 348 g/mol. The summed E-state index contributed by atoms with van der Waals surface area (Å²) in [6, 6.07) is 8.01. The molecule has 1 aliphatic heterocycles. The molecule has 7 heteroatoms. The lowest BCUT2D eigenvalue weighted by Gasteiger charge is -2.26. The molecule has 0 radical (unpaired) electrons. The van der Waals surface area contributed by atoms with Gasteiger partial charge in [-0.2, -0.15) is 4.98 Å². The van der Waals surface area contributed by atoms with E-state index in [1.807, 2.05) is 24.3 Å². The second-order valence-corrected chi connectivity index (χ2v) is 7.30. The fraction of sp³-hybridized carbons (Fsp3) is 0.438. The van der Waals surface area contributed by atoms with Gasteiger partial charge in [-0.3, -0.25) is 4.99 Å². The summed E-state index contributed by atoms with van der Waals surface area (Å²) in [6.07, 6.45) is 3.86. The molecule has 1 saturated carbocycles. The Balaban J connectivity index is 1.37. The minimum Gasteiger partial charge on any atom is -0.362 e. The van der Waals surface area contributed by atoms with Crippen LogP contribution < -0.4 is 5.32 Å². The smallest absolute Gasteiger partial charge is 0.237 e. The van der Waals surface area contributed by atoms with Crippen LogP contribution in [0.25, 0.3) is 11.4 Å². The van der Waals surface area contributed by atoms with Crippen LogP contribution in [0.15, 0.2) is 33.8 Å². The van der Waals surface area contributed by atoms with E-state index in [2.05, 4.69) is 20.4 Å². The number of amidine groups is 1. The van der Waals surface area contributed by atoms with Crippen LogP contribution in [0.1, 0.15) is 25.2 Å². The van der Waals surface area contributed by atoms with Gasteiger partial charge in [0.2, 0.25) is 11.7 Å². The summed E-state index contributed by atoms with van der Waals surface area (Å²) >= 11 is 7.52. The van der Waals surface area contributed by atoms with Crippen molar-refractivity contribution in [3.05, 3.63) is 35.2 Å². The minimum absolute atomic E-state index is 0.590. The lowest BCUT2D eigenvalue weighted by molar-refractivity contribution is 0.391. The van der Waals surface area contributed by atoms with Crippen molar-refractivity contribution in [3.63, 3.8) is 0 Å². The first-order valence-corrected chi connectivity index (χ1v) is 9.16. The van der Waals surface area contributed by atoms with Gasteiger partial charge in [-0.1, -0.05) is 34.9 Å². The molecule has 1 aromatic carbocycles. The third-order valence-corrected chi connectivity index (χ3v) is 5.50. The number of hydrogen-bond acceptors (Lipinski definition) is 6. The molecule has 1 fully saturated rings. The SMILES string of the molecule is Clc1ccc(-c2noc(CSC3=NC[C@H]4CCC[C@@H]4N3)n2)cc1. The van der Waals surface area contributed by atoms with Gasteiger partial charge in [0.05, 0.1) is 5.75 Å². The molecule has 0 saturated heterocycles. The van der Waals surface area contributed by atoms with Crippen molar-refractivity contribution in [1.82, 2.24) is 15.5 Å². The van der Waals surface area contributed by atoms with Gasteiger partial charge in [-0.05, 0) is 43.0 Å². The molecule has 2 aromatic rings. The van der Waals surface area contributed by atoms with Crippen LogP contribution in [0, 0.1) is 5.92 Å². The maximum absolute atomic E-state index is 5.89. The van der Waals surface area contributed by atoms with Gasteiger partial charge < -0.3 is 9.84 Å². The molecule has 0 bridgehead atoms. The fourth-order valence-electron chi connectivity index (χ4n) is 3.10. The van der Waals surface area contributed by atoms with Gasteiger partial charge in [0.1, 0.15) is 0 Å². The van der Waals surface area contributed by atoms with Gasteiger partial charge in [0, 0.05) is 23.2 Å². The summed E-state index contributed by atoms with van der Waals surface area (Å²) in [5.41, 5.74) is 0.899. The van der Waals surface area contributed by atoms with Crippen LogP contribution in [0.4, 0.5) is 0 Å². The van der Waals surface area contributed by atoms with Gasteiger partial charge in [-0.15, -0.1) is 0 Å². The Morgan fingerprint density at radius 2 is 2.13 bits per heavy atom. The van der Waals surface area contributed by atoms with Gasteiger partial charge in [0.25, 0.3) is 0 Å². The molecule has 0 unspecified atom stereocenters. The number of thioether (sulfide) groups is 1. The summed E-state index contributed by atoms with van der Waals surface area (Å²) in [4.78, 5) is 9.06. The van der Waals surface area contributed by atoms with Crippen molar-refractivity contribution in [2.75, 3.05) is 6.54 Å². The number of aliphatic imine (C=N–C) groups is 1. The lowest BCUT2D eigenvalue weighted by Crippen LogP contribution is -2.41. The summed E-state index contributed by atoms with van der Waals surface area (Å²) in [7, 11) is 0. The van der Waals surface area contributed by atoms with Crippen molar-refractivity contribution in [1.29, 1.82) is 0 Å². The molecule has 4 rings (SSSR count). The number of benzene rings is 1. The highest BCUT2D eigenvalue weighted by Crippen LogP contribution is 2.30. The van der Waals surface area contributed by atoms with Crippen molar-refractivity contribution < 1.29 is 4.52 Å². The maximum Gasteiger partial charge on any atom is 0.237 e. The van der Waals surface area contributed by atoms with Crippen LogP contribution in [0.5, 0.6) is 0 Å². The Hall–Kier alpha value is -1.53. The van der Waals surface area contributed by atoms with Gasteiger partial charge in [0.15, 0.2) is 5.17 Å². The second kappa shape index (κ2) is 6.53. The zero-order valence-corrected chi connectivity index (χ0v) is 14.1. The molecular weight excluding hydrogens is 332 g/mol. The van der Waals surface area contributed by atoms with E-state index in [-0.39, 0.29) is 0 Å². The highest BCUT2D eigenvalue weighted by atomic mass is 35.5. The van der Waals surface area contributed by atoms with Gasteiger partial charge in [-0.25, -0.2) is 0 Å². The maximum atomic E-state index is 5.89. The first-order chi connectivity index (χ1) is 11.3. The largest absolute Gasteiger partial charge is 0.362 e. The van der Waals surface area contributed by atoms with E-state index in [1.54, 1.807) is 11.8 Å². The van der Waals surface area contributed by atoms with Crippen molar-refractivity contribution in [2.45, 2.75) is 31.1 Å². The van der Waals surface area contributed by atoms with Crippen LogP contribution >= 0.6 is 23.4 Å². The average molecular weight is 349 g/mol. The Bertz CT molecular complexity index is 715. The van der Waals surface area contributed by atoms with E-state index < -0.39 is 0 Å². The number of nitrogens with one attached hydrogen (secondary N) is 1. The van der Waals surface area contributed by atoms with Crippen LogP contribution in [-0.2, 0) is 5.75 Å². The van der Waals surface area contributed by atoms with E-state index in [4.69, 9.17) is 16.1 Å². The van der Waals surface area contributed by atoms with E-state index >= 15 is 0 Å². The minimum atomic E-state index is 0.590. The van der Waals surface area contributed by atoms with E-state index in [0.717, 1.165) is 23.2 Å². The number of aromatic nitrogens is 2. The predicted octanol–water partition coefficient (Wildman–Crippen LogP) is 3.75. The molecule has 1 aromatic heterocycles. The highest BCUT2D eigenvalue weighted by Gasteiger charge is 2.30. The Morgan fingerprint density at radius 3 is 3.00 bits per heavy atom. The Morgan fingerprint density at radius 1 is 1.26 bits per heavy atom. The number of rotatable bonds is 3. The number of nitrogens with zero attached hydrogens (tertiary/aromatic N) is 3. The third-order valence-electron chi connectivity index (χ3n) is 4.34. The van der Waals surface area contributed by atoms with Crippen LogP contribution in [0.2, 0.25) is 5.02 Å². The molecule has 0 amide bonds. The van der Waals surface area contributed by atoms with Crippen LogP contribution in [-0.4, -0.2) is 27.9 Å². The molecule has 2 atom stereocenters. The average Bonchev–Trinajstić information content (AvgIpc) is 3.22. The van der Waals surface area contributed by atoms with Crippen molar-refractivity contribution >= 4 is 28.5 Å². The van der Waals surface area contributed by atoms with E-state index in [1.165, 1.54) is 19.3 Å². The highest BCUT2D eigenvalue weighted by molar-refractivity contribution is 8.13. The van der Waals surface area contributed by atoms with Crippen LogP contribution in [0.3, 0.4) is 0 Å². The Labute approximate surface area is 143 Å². The lowest BCUT2D eigenvalue weighted by atomic mass is 10.0. The van der Waals surface area contributed by atoms with Gasteiger partial charge >= 0.3 is 0 Å². The molecule has 0 spiro atoms. The third kappa shape index (κ3) is 3.38. The second-order valence-electron chi connectivity index (χ2n) is 5.89. The molecule has 1 N–H and O–H groups in total. The van der Waals surface area contributed by atoms with E-state index in [9.17, 15) is 0 Å². The first-order valence-electron chi connectivity index (χ1n) is 7.80. The molecule has 120 valence electrons. The number of fused-ring (bicyclic) bond motifs is 1. The van der Waals surface area contributed by atoms with Crippen molar-refractivity contribution in [2.24, 2.45) is 10.9 Å². The normalized spacial score (nSPS) is 23.3. The molecule has 2 aliphatic rings. The molecule has 5 nitrogen and oxygen atoms in total. The molecule has 1 aliphatic carbocycles. The number of hydrogen-bond donors (Lipinski definition) is 1. The summed E-state index contributed by atoms with van der Waals surface area (Å²) in [5, 5.41) is 9.26. The first kappa shape index (κ1) is 15.0. The molecular formula is C16H17ClN4OS. The molecule has 2 heterocycles. The quantitative estimate of drug-likeness (QED) is 0.915. The summed E-state index contributed by atoms with van der Waals surface area (Å²) < 4.78 is 5.33. The standard InChI is InChI=1S/C16H17ClN4OS/c17-12-6-4-10(5-7-12)15-20-14(22-21-15)9-23-16-18-8-11-2-1-3-13(11)19-16/h4-7,11,13H,1-3,8-9H2,(H,18,19)/t11-,13+/m1/s1. The summed E-state index contributed by atoms with van der Waals surface area (Å²) in [5.74, 6) is 2.55. The number of halogens is 1. The summed E-state index contributed by atoms with van der Waals surface area (Å²) in [6.45, 7) is 0.944. The van der Waals surface area contributed by atoms with Crippen molar-refractivity contribution in [3.8, 4) is 11.4 Å². The predicted molar refractivity (Wildman–Crippen MR) is 92.6 cm³/mol.